The molecule has 0 saturated carbocycles. The number of benzene rings is 3. The van der Waals surface area contributed by atoms with Crippen molar-refractivity contribution in [1.29, 1.82) is 0 Å². The fraction of sp³-hybridized carbons (Fsp3) is 0.424. The van der Waals surface area contributed by atoms with E-state index >= 15 is 0 Å². The number of nitrogens with zero attached hydrogens (tertiary/aromatic N) is 2. The number of amides is 1. The molecular formula is C33H40N2O4. The van der Waals surface area contributed by atoms with Gasteiger partial charge in [-0.2, -0.15) is 0 Å². The van der Waals surface area contributed by atoms with E-state index in [1.807, 2.05) is 19.9 Å². The molecule has 206 valence electrons. The van der Waals surface area contributed by atoms with Crippen LogP contribution in [0.15, 0.2) is 66.7 Å². The van der Waals surface area contributed by atoms with Gasteiger partial charge in [-0.1, -0.05) is 54.1 Å². The summed E-state index contributed by atoms with van der Waals surface area (Å²) in [5.74, 6) is 2.00. The van der Waals surface area contributed by atoms with Crippen LogP contribution >= 0.6 is 0 Å². The van der Waals surface area contributed by atoms with Gasteiger partial charge in [-0.05, 0) is 81.6 Å². The predicted octanol–water partition coefficient (Wildman–Crippen LogP) is 6.84. The van der Waals surface area contributed by atoms with Crippen molar-refractivity contribution in [2.45, 2.75) is 51.5 Å². The van der Waals surface area contributed by atoms with E-state index in [1.165, 1.54) is 47.5 Å². The van der Waals surface area contributed by atoms with Crippen LogP contribution in [-0.4, -0.2) is 60.4 Å². The molecule has 0 spiro atoms. The zero-order valence-corrected chi connectivity index (χ0v) is 23.3. The summed E-state index contributed by atoms with van der Waals surface area (Å²) in [7, 11) is 0. The summed E-state index contributed by atoms with van der Waals surface area (Å²) in [5, 5.41) is 9.63. The molecule has 3 aromatic rings. The van der Waals surface area contributed by atoms with Crippen molar-refractivity contribution in [3.63, 3.8) is 0 Å². The number of hydrogen-bond acceptors (Lipinski definition) is 4. The van der Waals surface area contributed by atoms with Crippen LogP contribution in [0.1, 0.15) is 72.4 Å². The molecule has 2 aliphatic rings. The Morgan fingerprint density at radius 1 is 1.05 bits per heavy atom. The Kier molecular flexibility index (Phi) is 8.41. The number of hydrogen-bond donors (Lipinski definition) is 1. The Morgan fingerprint density at radius 3 is 2.41 bits per heavy atom. The average Bonchev–Trinajstić information content (AvgIpc) is 3.47. The van der Waals surface area contributed by atoms with Gasteiger partial charge in [0.25, 0.3) is 0 Å². The maximum absolute atomic E-state index is 11.7. The first-order valence-electron chi connectivity index (χ1n) is 14.2. The molecule has 5 rings (SSSR count). The summed E-state index contributed by atoms with van der Waals surface area (Å²) in [6.07, 6.45) is 1.67. The molecule has 1 amide bonds. The molecule has 0 aliphatic carbocycles. The smallest absolute Gasteiger partial charge is 0.407 e. The lowest BCUT2D eigenvalue weighted by atomic mass is 9.75. The largest absolute Gasteiger partial charge is 0.493 e. The molecule has 1 saturated heterocycles. The summed E-state index contributed by atoms with van der Waals surface area (Å²) in [4.78, 5) is 15.6. The van der Waals surface area contributed by atoms with Crippen molar-refractivity contribution in [3.05, 3.63) is 94.5 Å². The fourth-order valence-corrected chi connectivity index (χ4v) is 6.02. The molecule has 2 heterocycles. The van der Waals surface area contributed by atoms with Crippen molar-refractivity contribution in [3.8, 4) is 11.5 Å². The van der Waals surface area contributed by atoms with Crippen LogP contribution in [-0.2, 0) is 0 Å². The summed E-state index contributed by atoms with van der Waals surface area (Å²) in [6, 6.07) is 23.2. The van der Waals surface area contributed by atoms with E-state index in [1.54, 1.807) is 0 Å². The van der Waals surface area contributed by atoms with Crippen LogP contribution in [0.2, 0.25) is 0 Å². The highest BCUT2D eigenvalue weighted by molar-refractivity contribution is 5.66. The normalized spacial score (nSPS) is 19.7. The summed E-state index contributed by atoms with van der Waals surface area (Å²) in [5.41, 5.74) is 5.78. The Morgan fingerprint density at radius 2 is 1.74 bits per heavy atom. The Hall–Kier alpha value is -3.51. The third kappa shape index (κ3) is 6.06. The lowest BCUT2D eigenvalue weighted by Crippen LogP contribution is -2.32. The van der Waals surface area contributed by atoms with Gasteiger partial charge < -0.3 is 19.5 Å². The van der Waals surface area contributed by atoms with Crippen LogP contribution < -0.4 is 9.47 Å². The maximum atomic E-state index is 11.7. The van der Waals surface area contributed by atoms with Gasteiger partial charge >= 0.3 is 6.09 Å². The summed E-state index contributed by atoms with van der Waals surface area (Å²) >= 11 is 0. The van der Waals surface area contributed by atoms with E-state index in [0.29, 0.717) is 19.8 Å². The highest BCUT2D eigenvalue weighted by Crippen LogP contribution is 2.47. The average molecular weight is 529 g/mol. The highest BCUT2D eigenvalue weighted by Gasteiger charge is 2.34. The molecule has 1 N–H and O–H groups in total. The Labute approximate surface area is 232 Å². The minimum absolute atomic E-state index is 0.112. The molecule has 1 fully saturated rings. The van der Waals surface area contributed by atoms with Crippen molar-refractivity contribution < 1.29 is 19.4 Å². The molecule has 3 atom stereocenters. The molecule has 0 bridgehead atoms. The maximum Gasteiger partial charge on any atom is 0.407 e. The van der Waals surface area contributed by atoms with Gasteiger partial charge in [-0.3, -0.25) is 4.90 Å². The van der Waals surface area contributed by atoms with Crippen LogP contribution in [0, 0.1) is 6.92 Å². The SMILES string of the molecule is CCN(C(=O)O)C(C)c1ccc2c(c1)OC[C@H](c1ccc(C)cc1)[C@@H]2c1ccc(OCCN2CCCC2)cc1. The van der Waals surface area contributed by atoms with Crippen LogP contribution in [0.5, 0.6) is 11.5 Å². The van der Waals surface area contributed by atoms with Crippen LogP contribution in [0.3, 0.4) is 0 Å². The zero-order valence-electron chi connectivity index (χ0n) is 23.3. The second-order valence-corrected chi connectivity index (χ2v) is 10.8. The van der Waals surface area contributed by atoms with Gasteiger partial charge in [-0.15, -0.1) is 0 Å². The molecule has 1 unspecified atom stereocenters. The molecule has 6 nitrogen and oxygen atoms in total. The predicted molar refractivity (Wildman–Crippen MR) is 154 cm³/mol. The van der Waals surface area contributed by atoms with Crippen molar-refractivity contribution >= 4 is 6.09 Å². The molecule has 0 radical (unpaired) electrons. The first kappa shape index (κ1) is 27.1. The number of aryl methyl sites for hydroxylation is 1. The monoisotopic (exact) mass is 528 g/mol. The second kappa shape index (κ2) is 12.1. The third-order valence-corrected chi connectivity index (χ3v) is 8.35. The van der Waals surface area contributed by atoms with Crippen LogP contribution in [0.4, 0.5) is 4.79 Å². The second-order valence-electron chi connectivity index (χ2n) is 10.8. The lowest BCUT2D eigenvalue weighted by molar-refractivity contribution is 0.131. The molecule has 6 heteroatoms. The van der Waals surface area contributed by atoms with E-state index in [0.717, 1.165) is 29.2 Å². The quantitative estimate of drug-likeness (QED) is 0.330. The summed E-state index contributed by atoms with van der Waals surface area (Å²) in [6.45, 7) is 10.9. The third-order valence-electron chi connectivity index (χ3n) is 8.35. The minimum Gasteiger partial charge on any atom is -0.493 e. The number of ether oxygens (including phenoxy) is 2. The molecular weight excluding hydrogens is 488 g/mol. The van der Waals surface area contributed by atoms with Gasteiger partial charge in [0.05, 0.1) is 12.6 Å². The highest BCUT2D eigenvalue weighted by atomic mass is 16.5. The number of carboxylic acid groups (broad SMARTS) is 1. The Bertz CT molecular complexity index is 1250. The van der Waals surface area contributed by atoms with Gasteiger partial charge in [0.2, 0.25) is 0 Å². The van der Waals surface area contributed by atoms with E-state index in [-0.39, 0.29) is 17.9 Å². The molecule has 2 aliphatic heterocycles. The molecule has 39 heavy (non-hydrogen) atoms. The molecule has 3 aromatic carbocycles. The van der Waals surface area contributed by atoms with Gasteiger partial charge in [0.15, 0.2) is 0 Å². The van der Waals surface area contributed by atoms with Crippen molar-refractivity contribution in [2.24, 2.45) is 0 Å². The van der Waals surface area contributed by atoms with Crippen molar-refractivity contribution in [1.82, 2.24) is 9.80 Å². The zero-order chi connectivity index (χ0) is 27.4. The number of carbonyl (C=O) groups is 1. The van der Waals surface area contributed by atoms with Gasteiger partial charge in [0, 0.05) is 30.5 Å². The molecule has 0 aromatic heterocycles. The van der Waals surface area contributed by atoms with E-state index < -0.39 is 6.09 Å². The fourth-order valence-electron chi connectivity index (χ4n) is 6.02. The van der Waals surface area contributed by atoms with Crippen LogP contribution in [0.25, 0.3) is 0 Å². The number of rotatable bonds is 9. The topological polar surface area (TPSA) is 62.2 Å². The standard InChI is InChI=1S/C33H40N2O4/c1-4-35(33(36)37)24(3)27-13-16-29-31(21-27)39-22-30(25-9-7-23(2)8-10-25)32(29)26-11-14-28(15-12-26)38-20-19-34-17-5-6-18-34/h7-16,21,24,30,32H,4-6,17-20,22H2,1-3H3,(H,36,37)/t24?,30-,32-/m1/s1. The van der Waals surface area contributed by atoms with Gasteiger partial charge in [0.1, 0.15) is 18.1 Å². The van der Waals surface area contributed by atoms with E-state index in [4.69, 9.17) is 9.47 Å². The lowest BCUT2D eigenvalue weighted by Gasteiger charge is -2.35. The van der Waals surface area contributed by atoms with E-state index in [2.05, 4.69) is 72.5 Å². The van der Waals surface area contributed by atoms with Gasteiger partial charge in [-0.25, -0.2) is 4.79 Å². The van der Waals surface area contributed by atoms with Crippen molar-refractivity contribution in [2.75, 3.05) is 39.4 Å². The van der Waals surface area contributed by atoms with E-state index in [9.17, 15) is 9.90 Å². The minimum atomic E-state index is -0.913. The first-order valence-corrected chi connectivity index (χ1v) is 14.2. The first-order chi connectivity index (χ1) is 18.9. The summed E-state index contributed by atoms with van der Waals surface area (Å²) < 4.78 is 12.4. The Balaban J connectivity index is 1.42. The number of fused-ring (bicyclic) bond motifs is 1. The number of likely N-dealkylation sites (tertiary alicyclic amines) is 1.